The standard InChI is InChI=1S/C25H24ClF2N5O2/c1-13-8-19(24-29-12-30-33(24)4)17-6-5-7-22(23(17)31-13)35-11-20-18(9-16(28)10-21(20)26)15(3)32-25(34)14(2)27/h5-10,12,14-15H,11H2,1-4H3,(H,32,34)/t14-,15-/m0/s1. The number of carbonyl (C=O) groups excluding carboxylic acids is 1. The number of carbonyl (C=O) groups is 1. The maximum absolute atomic E-state index is 14.2. The number of benzene rings is 2. The van der Waals surface area contributed by atoms with Crippen LogP contribution in [0.5, 0.6) is 5.75 Å². The van der Waals surface area contributed by atoms with Crippen LogP contribution < -0.4 is 10.1 Å². The fourth-order valence-electron chi connectivity index (χ4n) is 3.91. The van der Waals surface area contributed by atoms with Gasteiger partial charge in [0.05, 0.1) is 11.1 Å². The molecular formula is C25H24ClF2N5O2. The molecular weight excluding hydrogens is 476 g/mol. The molecule has 0 bridgehead atoms. The second kappa shape index (κ2) is 9.95. The molecule has 0 aliphatic heterocycles. The summed E-state index contributed by atoms with van der Waals surface area (Å²) in [6, 6.07) is 9.22. The van der Waals surface area contributed by atoms with Gasteiger partial charge in [-0.2, -0.15) is 5.10 Å². The summed E-state index contributed by atoms with van der Waals surface area (Å²) in [6.45, 7) is 4.62. The highest BCUT2D eigenvalue weighted by atomic mass is 35.5. The summed E-state index contributed by atoms with van der Waals surface area (Å²) in [4.78, 5) is 20.9. The number of hydrogen-bond acceptors (Lipinski definition) is 5. The van der Waals surface area contributed by atoms with Gasteiger partial charge in [0.2, 0.25) is 0 Å². The molecule has 2 aromatic heterocycles. The first-order chi connectivity index (χ1) is 16.7. The van der Waals surface area contributed by atoms with Crippen LogP contribution in [0.2, 0.25) is 5.02 Å². The van der Waals surface area contributed by atoms with E-state index in [1.807, 2.05) is 32.2 Å². The molecule has 0 saturated heterocycles. The third-order valence-electron chi connectivity index (χ3n) is 5.64. The molecule has 2 heterocycles. The maximum Gasteiger partial charge on any atom is 0.254 e. The fourth-order valence-corrected chi connectivity index (χ4v) is 4.18. The third-order valence-corrected chi connectivity index (χ3v) is 5.97. The fraction of sp³-hybridized carbons (Fsp3) is 0.280. The third kappa shape index (κ3) is 5.09. The van der Waals surface area contributed by atoms with E-state index >= 15 is 0 Å². The number of aromatic nitrogens is 4. The van der Waals surface area contributed by atoms with Crippen LogP contribution in [0.25, 0.3) is 22.3 Å². The lowest BCUT2D eigenvalue weighted by Gasteiger charge is -2.20. The molecule has 182 valence electrons. The number of alkyl halides is 1. The van der Waals surface area contributed by atoms with E-state index in [9.17, 15) is 13.6 Å². The molecule has 0 fully saturated rings. The highest BCUT2D eigenvalue weighted by molar-refractivity contribution is 6.31. The van der Waals surface area contributed by atoms with Crippen molar-refractivity contribution in [1.82, 2.24) is 25.1 Å². The Morgan fingerprint density at radius 3 is 2.71 bits per heavy atom. The monoisotopic (exact) mass is 499 g/mol. The molecule has 0 spiro atoms. The van der Waals surface area contributed by atoms with E-state index in [4.69, 9.17) is 16.3 Å². The molecule has 4 aromatic rings. The number of hydrogen-bond donors (Lipinski definition) is 1. The maximum atomic E-state index is 14.2. The van der Waals surface area contributed by atoms with E-state index in [1.165, 1.54) is 18.5 Å². The molecule has 1 amide bonds. The van der Waals surface area contributed by atoms with Gasteiger partial charge in [-0.1, -0.05) is 23.7 Å². The molecule has 0 radical (unpaired) electrons. The molecule has 35 heavy (non-hydrogen) atoms. The summed E-state index contributed by atoms with van der Waals surface area (Å²) in [5.74, 6) is -0.183. The van der Waals surface area contributed by atoms with Crippen molar-refractivity contribution >= 4 is 28.4 Å². The number of nitrogens with one attached hydrogen (secondary N) is 1. The minimum atomic E-state index is -1.70. The number of pyridine rings is 1. The zero-order chi connectivity index (χ0) is 25.3. The van der Waals surface area contributed by atoms with Gasteiger partial charge in [0.25, 0.3) is 5.91 Å². The summed E-state index contributed by atoms with van der Waals surface area (Å²) < 4.78 is 35.4. The largest absolute Gasteiger partial charge is 0.487 e. The predicted octanol–water partition coefficient (Wildman–Crippen LogP) is 5.25. The average molecular weight is 500 g/mol. The second-order valence-electron chi connectivity index (χ2n) is 8.26. The van der Waals surface area contributed by atoms with E-state index in [-0.39, 0.29) is 11.6 Å². The molecule has 7 nitrogen and oxygen atoms in total. The molecule has 2 atom stereocenters. The van der Waals surface area contributed by atoms with Gasteiger partial charge in [0.15, 0.2) is 12.0 Å². The zero-order valence-electron chi connectivity index (χ0n) is 19.6. The molecule has 10 heteroatoms. The topological polar surface area (TPSA) is 81.9 Å². The van der Waals surface area contributed by atoms with Gasteiger partial charge >= 0.3 is 0 Å². The quantitative estimate of drug-likeness (QED) is 0.376. The number of halogens is 3. The smallest absolute Gasteiger partial charge is 0.254 e. The average Bonchev–Trinajstić information content (AvgIpc) is 3.23. The van der Waals surface area contributed by atoms with Gasteiger partial charge in [-0.05, 0) is 50.6 Å². The number of para-hydroxylation sites is 1. The van der Waals surface area contributed by atoms with E-state index in [0.29, 0.717) is 28.2 Å². The van der Waals surface area contributed by atoms with Crippen molar-refractivity contribution in [3.05, 3.63) is 70.4 Å². The summed E-state index contributed by atoms with van der Waals surface area (Å²) in [6.07, 6.45) is -0.215. The van der Waals surface area contributed by atoms with Gasteiger partial charge in [0, 0.05) is 29.3 Å². The Kier molecular flexibility index (Phi) is 6.98. The van der Waals surface area contributed by atoms with Crippen LogP contribution >= 0.6 is 11.6 Å². The normalized spacial score (nSPS) is 13.0. The molecule has 0 unspecified atom stereocenters. The Balaban J connectivity index is 1.71. The Hall–Kier alpha value is -3.59. The van der Waals surface area contributed by atoms with Crippen molar-refractivity contribution in [3.8, 4) is 17.1 Å². The number of nitrogens with zero attached hydrogens (tertiary/aromatic N) is 4. The first-order valence-electron chi connectivity index (χ1n) is 11.0. The molecule has 4 rings (SSSR count). The summed E-state index contributed by atoms with van der Waals surface area (Å²) in [5, 5.41) is 7.65. The van der Waals surface area contributed by atoms with Crippen molar-refractivity contribution in [1.29, 1.82) is 0 Å². The predicted molar refractivity (Wildman–Crippen MR) is 129 cm³/mol. The van der Waals surface area contributed by atoms with Crippen LogP contribution in [0.3, 0.4) is 0 Å². The lowest BCUT2D eigenvalue weighted by molar-refractivity contribution is -0.126. The van der Waals surface area contributed by atoms with Gasteiger partial charge in [-0.3, -0.25) is 4.79 Å². The van der Waals surface area contributed by atoms with Gasteiger partial charge in [-0.15, -0.1) is 0 Å². The lowest BCUT2D eigenvalue weighted by atomic mass is 10.0. The van der Waals surface area contributed by atoms with Crippen LogP contribution in [0.15, 0.2) is 42.7 Å². The van der Waals surface area contributed by atoms with Crippen LogP contribution in [-0.4, -0.2) is 31.8 Å². The van der Waals surface area contributed by atoms with Gasteiger partial charge in [-0.25, -0.2) is 23.4 Å². The van der Waals surface area contributed by atoms with Crippen molar-refractivity contribution in [2.75, 3.05) is 0 Å². The second-order valence-corrected chi connectivity index (χ2v) is 8.67. The number of aryl methyl sites for hydroxylation is 2. The van der Waals surface area contributed by atoms with E-state index < -0.39 is 23.9 Å². The van der Waals surface area contributed by atoms with Gasteiger partial charge < -0.3 is 10.1 Å². The first kappa shape index (κ1) is 24.5. The highest BCUT2D eigenvalue weighted by Crippen LogP contribution is 2.34. The number of ether oxygens (including phenoxy) is 1. The van der Waals surface area contributed by atoms with Crippen molar-refractivity contribution < 1.29 is 18.3 Å². The van der Waals surface area contributed by atoms with Crippen molar-refractivity contribution in [2.24, 2.45) is 7.05 Å². The summed E-state index contributed by atoms with van der Waals surface area (Å²) in [7, 11) is 1.81. The van der Waals surface area contributed by atoms with E-state index in [2.05, 4.69) is 20.4 Å². The Labute approximate surface area is 206 Å². The summed E-state index contributed by atoms with van der Waals surface area (Å²) in [5.41, 5.74) is 3.12. The van der Waals surface area contributed by atoms with Gasteiger partial charge in [0.1, 0.15) is 30.0 Å². The molecule has 1 N–H and O–H groups in total. The van der Waals surface area contributed by atoms with Crippen LogP contribution in [0.1, 0.15) is 36.7 Å². The number of rotatable bonds is 7. The van der Waals surface area contributed by atoms with Crippen molar-refractivity contribution in [3.63, 3.8) is 0 Å². The van der Waals surface area contributed by atoms with Crippen LogP contribution in [0.4, 0.5) is 8.78 Å². The van der Waals surface area contributed by atoms with Crippen LogP contribution in [0, 0.1) is 12.7 Å². The highest BCUT2D eigenvalue weighted by Gasteiger charge is 2.21. The molecule has 0 aliphatic rings. The van der Waals surface area contributed by atoms with Crippen LogP contribution in [-0.2, 0) is 18.4 Å². The van der Waals surface area contributed by atoms with Crippen molar-refractivity contribution in [2.45, 2.75) is 39.6 Å². The number of amides is 1. The zero-order valence-corrected chi connectivity index (χ0v) is 20.4. The SMILES string of the molecule is Cc1cc(-c2ncnn2C)c2cccc(OCc3c(Cl)cc(F)cc3[C@H](C)NC(=O)[C@H](C)F)c2n1. The molecule has 0 aliphatic carbocycles. The first-order valence-corrected chi connectivity index (χ1v) is 11.3. The lowest BCUT2D eigenvalue weighted by Crippen LogP contribution is -2.33. The minimum absolute atomic E-state index is 0.0200. The Morgan fingerprint density at radius 1 is 1.26 bits per heavy atom. The Bertz CT molecular complexity index is 1410. The van der Waals surface area contributed by atoms with E-state index in [0.717, 1.165) is 23.6 Å². The summed E-state index contributed by atoms with van der Waals surface area (Å²) >= 11 is 6.36. The Morgan fingerprint density at radius 2 is 2.03 bits per heavy atom. The molecule has 0 saturated carbocycles. The number of fused-ring (bicyclic) bond motifs is 1. The van der Waals surface area contributed by atoms with E-state index in [1.54, 1.807) is 17.7 Å². The minimum Gasteiger partial charge on any atom is -0.487 e. The molecule has 2 aromatic carbocycles.